The second kappa shape index (κ2) is 7.09. The molecule has 0 spiro atoms. The van der Waals surface area contributed by atoms with Crippen LogP contribution in [0.5, 0.6) is 0 Å². The number of rotatable bonds is 4. The Bertz CT molecular complexity index is 339. The predicted molar refractivity (Wildman–Crippen MR) is 68.6 cm³/mol. The quantitative estimate of drug-likeness (QED) is 0.531. The van der Waals surface area contributed by atoms with Gasteiger partial charge in [0, 0.05) is 21.0 Å². The van der Waals surface area contributed by atoms with Gasteiger partial charge in [0.05, 0.1) is 6.04 Å². The topological polar surface area (TPSA) is 97.1 Å². The first-order valence-corrected chi connectivity index (χ1v) is 6.31. The first-order chi connectivity index (χ1) is 8.86. The Labute approximate surface area is 117 Å². The molecule has 1 fully saturated rings. The van der Waals surface area contributed by atoms with Gasteiger partial charge in [0.2, 0.25) is 0 Å². The predicted octanol–water partition coefficient (Wildman–Crippen LogP) is -0.522. The molecule has 1 heterocycles. The summed E-state index contributed by atoms with van der Waals surface area (Å²) in [6.07, 6.45) is -1.96. The maximum atomic E-state index is 11.1. The Morgan fingerprint density at radius 3 is 2.37 bits per heavy atom. The second-order valence-electron chi connectivity index (χ2n) is 4.22. The average molecular weight is 293 g/mol. The second-order valence-corrected chi connectivity index (χ2v) is 4.73. The monoisotopic (exact) mass is 293 g/mol. The van der Waals surface area contributed by atoms with Crippen LogP contribution in [0.3, 0.4) is 0 Å². The van der Waals surface area contributed by atoms with Gasteiger partial charge in [0.25, 0.3) is 0 Å². The van der Waals surface area contributed by atoms with E-state index in [1.54, 1.807) is 0 Å². The molecule has 0 aromatic rings. The van der Waals surface area contributed by atoms with E-state index in [1.807, 2.05) is 0 Å². The van der Waals surface area contributed by atoms with Gasteiger partial charge in [0.15, 0.2) is 0 Å². The molecule has 1 aliphatic rings. The van der Waals surface area contributed by atoms with Gasteiger partial charge in [0.1, 0.15) is 30.4 Å². The van der Waals surface area contributed by atoms with Crippen molar-refractivity contribution in [2.24, 2.45) is 5.73 Å². The molecule has 0 aliphatic carbocycles. The largest absolute Gasteiger partial charge is 0.463 e. The van der Waals surface area contributed by atoms with Gasteiger partial charge in [-0.15, -0.1) is 12.6 Å². The minimum atomic E-state index is -0.759. The van der Waals surface area contributed by atoms with Crippen molar-refractivity contribution in [1.82, 2.24) is 0 Å². The van der Waals surface area contributed by atoms with Crippen molar-refractivity contribution in [2.75, 3.05) is 13.7 Å². The van der Waals surface area contributed by atoms with Gasteiger partial charge >= 0.3 is 11.9 Å². The average Bonchev–Trinajstić information content (AvgIpc) is 2.30. The van der Waals surface area contributed by atoms with Crippen LogP contribution >= 0.6 is 12.6 Å². The maximum Gasteiger partial charge on any atom is 0.303 e. The van der Waals surface area contributed by atoms with Gasteiger partial charge < -0.3 is 24.7 Å². The molecule has 110 valence electrons. The van der Waals surface area contributed by atoms with Crippen LogP contribution in [-0.4, -0.2) is 55.4 Å². The van der Waals surface area contributed by atoms with Gasteiger partial charge in [-0.2, -0.15) is 0 Å². The van der Waals surface area contributed by atoms with Crippen LogP contribution in [0.25, 0.3) is 0 Å². The van der Waals surface area contributed by atoms with Crippen molar-refractivity contribution >= 4 is 24.6 Å². The molecule has 5 atom stereocenters. The van der Waals surface area contributed by atoms with E-state index < -0.39 is 41.7 Å². The lowest BCUT2D eigenvalue weighted by Crippen LogP contribution is -2.62. The van der Waals surface area contributed by atoms with Crippen molar-refractivity contribution in [3.05, 3.63) is 0 Å². The summed E-state index contributed by atoms with van der Waals surface area (Å²) in [5, 5.41) is 0. The third kappa shape index (κ3) is 4.34. The Hall–Kier alpha value is -0.830. The first-order valence-electron chi connectivity index (χ1n) is 5.79. The number of ether oxygens (including phenoxy) is 4. The molecular weight excluding hydrogens is 274 g/mol. The number of thiol groups is 1. The molecule has 0 saturated carbocycles. The highest BCUT2D eigenvalue weighted by atomic mass is 32.1. The summed E-state index contributed by atoms with van der Waals surface area (Å²) >= 11 is 4.22. The molecule has 1 rings (SSSR count). The Balaban J connectivity index is 2.80. The smallest absolute Gasteiger partial charge is 0.303 e. The SMILES string of the molecule is COC1C(S)OC(COC(C)=O)C(OC(C)=O)C1N. The van der Waals surface area contributed by atoms with Crippen molar-refractivity contribution in [3.8, 4) is 0 Å². The molecule has 0 aromatic heterocycles. The van der Waals surface area contributed by atoms with Crippen molar-refractivity contribution in [3.63, 3.8) is 0 Å². The highest BCUT2D eigenvalue weighted by Gasteiger charge is 2.45. The van der Waals surface area contributed by atoms with E-state index in [0.29, 0.717) is 0 Å². The summed E-state index contributed by atoms with van der Waals surface area (Å²) < 4.78 is 20.7. The minimum absolute atomic E-state index is 0.0610. The van der Waals surface area contributed by atoms with Gasteiger partial charge in [-0.05, 0) is 0 Å². The summed E-state index contributed by atoms with van der Waals surface area (Å²) in [6, 6.07) is -0.620. The lowest BCUT2D eigenvalue weighted by atomic mass is 9.98. The number of carbonyl (C=O) groups is 2. The summed E-state index contributed by atoms with van der Waals surface area (Å²) in [4.78, 5) is 22.0. The molecule has 5 unspecified atom stereocenters. The summed E-state index contributed by atoms with van der Waals surface area (Å²) in [6.45, 7) is 2.48. The zero-order valence-corrected chi connectivity index (χ0v) is 12.0. The fourth-order valence-corrected chi connectivity index (χ4v) is 2.39. The van der Waals surface area contributed by atoms with E-state index in [4.69, 9.17) is 24.7 Å². The molecule has 0 aromatic carbocycles. The standard InChI is InChI=1S/C11H19NO6S/c1-5(13)16-4-7-9(17-6(2)14)8(12)10(15-3)11(19)18-7/h7-11,19H,4,12H2,1-3H3. The number of hydrogen-bond acceptors (Lipinski definition) is 8. The molecule has 19 heavy (non-hydrogen) atoms. The van der Waals surface area contributed by atoms with Gasteiger partial charge in [-0.1, -0.05) is 0 Å². The van der Waals surface area contributed by atoms with E-state index in [1.165, 1.54) is 21.0 Å². The molecule has 0 radical (unpaired) electrons. The van der Waals surface area contributed by atoms with Crippen LogP contribution in [0.4, 0.5) is 0 Å². The number of esters is 2. The van der Waals surface area contributed by atoms with Crippen molar-refractivity contribution in [1.29, 1.82) is 0 Å². The highest BCUT2D eigenvalue weighted by Crippen LogP contribution is 2.26. The third-order valence-electron chi connectivity index (χ3n) is 2.75. The zero-order valence-electron chi connectivity index (χ0n) is 11.1. The van der Waals surface area contributed by atoms with Crippen LogP contribution in [-0.2, 0) is 28.5 Å². The number of methoxy groups -OCH3 is 1. The van der Waals surface area contributed by atoms with E-state index >= 15 is 0 Å². The van der Waals surface area contributed by atoms with Crippen molar-refractivity contribution in [2.45, 2.75) is 43.6 Å². The Morgan fingerprint density at radius 1 is 1.26 bits per heavy atom. The Kier molecular flexibility index (Phi) is 6.05. The minimum Gasteiger partial charge on any atom is -0.463 e. The van der Waals surface area contributed by atoms with Crippen LogP contribution in [0.15, 0.2) is 0 Å². The molecule has 1 saturated heterocycles. The molecule has 0 bridgehead atoms. The first kappa shape index (κ1) is 16.2. The summed E-state index contributed by atoms with van der Waals surface area (Å²) in [5.74, 6) is -0.951. The normalized spacial score (nSPS) is 34.7. The number of carbonyl (C=O) groups excluding carboxylic acids is 2. The van der Waals surface area contributed by atoms with Crippen LogP contribution in [0, 0.1) is 0 Å². The highest BCUT2D eigenvalue weighted by molar-refractivity contribution is 7.80. The van der Waals surface area contributed by atoms with E-state index in [-0.39, 0.29) is 6.61 Å². The molecule has 2 N–H and O–H groups in total. The lowest BCUT2D eigenvalue weighted by molar-refractivity contribution is -0.196. The van der Waals surface area contributed by atoms with Gasteiger partial charge in [-0.25, -0.2) is 0 Å². The Morgan fingerprint density at radius 2 is 1.89 bits per heavy atom. The molecule has 1 aliphatic heterocycles. The number of nitrogens with two attached hydrogens (primary N) is 1. The van der Waals surface area contributed by atoms with E-state index in [9.17, 15) is 9.59 Å². The van der Waals surface area contributed by atoms with Crippen molar-refractivity contribution < 1.29 is 28.5 Å². The molecule has 0 amide bonds. The van der Waals surface area contributed by atoms with Gasteiger partial charge in [-0.3, -0.25) is 9.59 Å². The summed E-state index contributed by atoms with van der Waals surface area (Å²) in [5.41, 5.74) is 5.41. The zero-order chi connectivity index (χ0) is 14.6. The maximum absolute atomic E-state index is 11.1. The summed E-state index contributed by atoms with van der Waals surface area (Å²) in [7, 11) is 1.47. The van der Waals surface area contributed by atoms with E-state index in [2.05, 4.69) is 12.6 Å². The lowest BCUT2D eigenvalue weighted by Gasteiger charge is -2.42. The van der Waals surface area contributed by atoms with Crippen LogP contribution < -0.4 is 5.73 Å². The fraction of sp³-hybridized carbons (Fsp3) is 0.818. The molecular formula is C11H19NO6S. The third-order valence-corrected chi connectivity index (χ3v) is 3.16. The fourth-order valence-electron chi connectivity index (χ4n) is 1.91. The van der Waals surface area contributed by atoms with Crippen LogP contribution in [0.2, 0.25) is 0 Å². The molecule has 7 nitrogen and oxygen atoms in total. The van der Waals surface area contributed by atoms with Crippen LogP contribution in [0.1, 0.15) is 13.8 Å². The molecule has 8 heteroatoms. The van der Waals surface area contributed by atoms with E-state index in [0.717, 1.165) is 0 Å². The number of hydrogen-bond donors (Lipinski definition) is 2.